The summed E-state index contributed by atoms with van der Waals surface area (Å²) in [4.78, 5) is 50.7. The highest BCUT2D eigenvalue weighted by molar-refractivity contribution is 6.07. The van der Waals surface area contributed by atoms with Gasteiger partial charge in [-0.25, -0.2) is 0 Å². The lowest BCUT2D eigenvalue weighted by Crippen LogP contribution is -2.59. The molecule has 4 aromatic carbocycles. The smallest absolute Gasteiger partial charge is 0.253 e. The van der Waals surface area contributed by atoms with Crippen LogP contribution in [0, 0.1) is 17.8 Å². The molecule has 3 aliphatic rings. The van der Waals surface area contributed by atoms with Crippen molar-refractivity contribution in [1.82, 2.24) is 4.90 Å². The Hall–Kier alpha value is -5.25. The first-order valence-electron chi connectivity index (χ1n) is 18.8. The van der Waals surface area contributed by atoms with Crippen LogP contribution in [0.15, 0.2) is 122 Å². The van der Waals surface area contributed by atoms with Crippen molar-refractivity contribution in [3.63, 3.8) is 0 Å². The standard InChI is InChI=1S/C45H49N3O6/c1-6-24-46(34-20-22-37(23-21-34)53-8-3)41(50)38-39-42(51)48(36(29-49)26-31-14-10-9-11-15-31)40(45(39)28-30(4)44(38,5)54-45)43(52)47(25-7-2)35-19-18-32-16-12-13-17-33(32)27-35/h6-7,9-23,27,30,36,38-40,49H,1-2,8,24-26,28-29H2,3-5H3/t30?,36-,38-,39+,40?,44+,45?/m1/s1. The van der Waals surface area contributed by atoms with Gasteiger partial charge in [-0.05, 0) is 85.3 Å². The minimum absolute atomic E-state index is 0.174. The number of nitrogens with zero attached hydrogens (tertiary/aromatic N) is 3. The molecule has 7 atom stereocenters. The highest BCUT2D eigenvalue weighted by atomic mass is 16.5. The molecule has 0 aromatic heterocycles. The fourth-order valence-corrected chi connectivity index (χ4v) is 9.31. The van der Waals surface area contributed by atoms with Crippen molar-refractivity contribution in [1.29, 1.82) is 0 Å². The molecule has 9 heteroatoms. The van der Waals surface area contributed by atoms with Gasteiger partial charge in [0.2, 0.25) is 11.8 Å². The fraction of sp³-hybridized carbons (Fsp3) is 0.356. The molecule has 7 rings (SSSR count). The van der Waals surface area contributed by atoms with E-state index in [-0.39, 0.29) is 43.3 Å². The van der Waals surface area contributed by atoms with Crippen LogP contribution in [0.2, 0.25) is 0 Å². The number of ether oxygens (including phenoxy) is 2. The molecule has 0 aliphatic carbocycles. The van der Waals surface area contributed by atoms with Gasteiger partial charge >= 0.3 is 0 Å². The number of aliphatic hydroxyl groups is 1. The van der Waals surface area contributed by atoms with Crippen LogP contribution in [0.25, 0.3) is 10.8 Å². The Morgan fingerprint density at radius 1 is 0.926 bits per heavy atom. The first-order chi connectivity index (χ1) is 26.1. The zero-order chi connectivity index (χ0) is 38.2. The molecule has 1 spiro atoms. The second-order valence-corrected chi connectivity index (χ2v) is 14.9. The molecule has 280 valence electrons. The highest BCUT2D eigenvalue weighted by Gasteiger charge is 2.80. The van der Waals surface area contributed by atoms with E-state index in [1.807, 2.05) is 118 Å². The summed E-state index contributed by atoms with van der Waals surface area (Å²) >= 11 is 0. The molecule has 9 nitrogen and oxygen atoms in total. The van der Waals surface area contributed by atoms with E-state index in [1.165, 1.54) is 0 Å². The SMILES string of the molecule is C=CCN(C(=O)C1N([C@@H](CO)Cc2ccccc2)C(=O)[C@@H]2[C@H](C(=O)N(CC=C)c3ccc(OCC)cc3)[C@@]3(C)OC12CC3C)c1ccc2ccccc2c1. The number of fused-ring (bicyclic) bond motifs is 2. The lowest BCUT2D eigenvalue weighted by Gasteiger charge is -2.39. The van der Waals surface area contributed by atoms with E-state index in [1.54, 1.807) is 26.9 Å². The predicted octanol–water partition coefficient (Wildman–Crippen LogP) is 6.59. The minimum atomic E-state index is -1.33. The lowest BCUT2D eigenvalue weighted by molar-refractivity contribution is -0.149. The number of amides is 3. The average Bonchev–Trinajstić information content (AvgIpc) is 3.71. The van der Waals surface area contributed by atoms with Gasteiger partial charge in [0, 0.05) is 24.5 Å². The Labute approximate surface area is 317 Å². The molecule has 4 aromatic rings. The molecule has 3 saturated heterocycles. The summed E-state index contributed by atoms with van der Waals surface area (Å²) in [6.07, 6.45) is 4.04. The third-order valence-electron chi connectivity index (χ3n) is 11.8. The predicted molar refractivity (Wildman–Crippen MR) is 211 cm³/mol. The molecule has 2 bridgehead atoms. The quantitative estimate of drug-likeness (QED) is 0.147. The zero-order valence-electron chi connectivity index (χ0n) is 31.3. The van der Waals surface area contributed by atoms with Gasteiger partial charge in [0.05, 0.1) is 36.7 Å². The maximum Gasteiger partial charge on any atom is 0.253 e. The number of aliphatic hydroxyl groups excluding tert-OH is 1. The molecule has 3 aliphatic heterocycles. The van der Waals surface area contributed by atoms with Crippen molar-refractivity contribution in [3.05, 3.63) is 128 Å². The Balaban J connectivity index is 1.35. The summed E-state index contributed by atoms with van der Waals surface area (Å²) in [6, 6.07) is 28.8. The van der Waals surface area contributed by atoms with Crippen LogP contribution in [0.1, 0.15) is 32.8 Å². The highest BCUT2D eigenvalue weighted by Crippen LogP contribution is 2.66. The van der Waals surface area contributed by atoms with E-state index >= 15 is 14.4 Å². The van der Waals surface area contributed by atoms with Crippen molar-refractivity contribution in [3.8, 4) is 5.75 Å². The van der Waals surface area contributed by atoms with Crippen molar-refractivity contribution in [2.24, 2.45) is 17.8 Å². The second kappa shape index (κ2) is 14.9. The van der Waals surface area contributed by atoms with Gasteiger partial charge in [-0.1, -0.05) is 79.7 Å². The molecule has 3 unspecified atom stereocenters. The fourth-order valence-electron chi connectivity index (χ4n) is 9.31. The van der Waals surface area contributed by atoms with Crippen LogP contribution < -0.4 is 14.5 Å². The topological polar surface area (TPSA) is 99.6 Å². The molecule has 1 N–H and O–H groups in total. The minimum Gasteiger partial charge on any atom is -0.494 e. The van der Waals surface area contributed by atoms with Gasteiger partial charge in [-0.3, -0.25) is 14.4 Å². The van der Waals surface area contributed by atoms with Crippen LogP contribution in [-0.2, 0) is 25.5 Å². The van der Waals surface area contributed by atoms with Gasteiger partial charge < -0.3 is 29.3 Å². The Bertz CT molecular complexity index is 2050. The number of likely N-dealkylation sites (tertiary alicyclic amines) is 1. The molecule has 3 amide bonds. The summed E-state index contributed by atoms with van der Waals surface area (Å²) in [5.74, 6) is -2.35. The van der Waals surface area contributed by atoms with Crippen molar-refractivity contribution in [2.75, 3.05) is 36.1 Å². The number of hydrogen-bond acceptors (Lipinski definition) is 6. The van der Waals surface area contributed by atoms with Gasteiger partial charge in [0.1, 0.15) is 17.4 Å². The van der Waals surface area contributed by atoms with Gasteiger partial charge in [0.15, 0.2) is 0 Å². The maximum atomic E-state index is 15.5. The first kappa shape index (κ1) is 37.1. The molecule has 54 heavy (non-hydrogen) atoms. The monoisotopic (exact) mass is 727 g/mol. The zero-order valence-corrected chi connectivity index (χ0v) is 31.3. The van der Waals surface area contributed by atoms with Crippen LogP contribution in [0.5, 0.6) is 5.75 Å². The van der Waals surface area contributed by atoms with E-state index in [0.29, 0.717) is 36.6 Å². The van der Waals surface area contributed by atoms with E-state index in [2.05, 4.69) is 13.2 Å². The van der Waals surface area contributed by atoms with Crippen molar-refractivity contribution < 1.29 is 29.0 Å². The molecular formula is C45H49N3O6. The van der Waals surface area contributed by atoms with E-state index in [9.17, 15) is 5.11 Å². The van der Waals surface area contributed by atoms with Crippen LogP contribution >= 0.6 is 0 Å². The molecule has 0 saturated carbocycles. The number of anilines is 2. The number of benzene rings is 4. The second-order valence-electron chi connectivity index (χ2n) is 14.9. The number of rotatable bonds is 14. The molecule has 0 radical (unpaired) electrons. The Morgan fingerprint density at radius 3 is 2.20 bits per heavy atom. The lowest BCUT2D eigenvalue weighted by atomic mass is 9.62. The molecule has 3 fully saturated rings. The summed E-state index contributed by atoms with van der Waals surface area (Å²) in [7, 11) is 0. The number of carbonyl (C=O) groups excluding carboxylic acids is 3. The summed E-state index contributed by atoms with van der Waals surface area (Å²) in [5.41, 5.74) is -0.179. The number of carbonyl (C=O) groups is 3. The molecule has 3 heterocycles. The first-order valence-corrected chi connectivity index (χ1v) is 18.8. The maximum absolute atomic E-state index is 15.5. The van der Waals surface area contributed by atoms with Crippen LogP contribution in [0.3, 0.4) is 0 Å². The van der Waals surface area contributed by atoms with Crippen molar-refractivity contribution in [2.45, 2.75) is 56.9 Å². The van der Waals surface area contributed by atoms with Gasteiger partial charge in [0.25, 0.3) is 5.91 Å². The average molecular weight is 728 g/mol. The Kier molecular flexibility index (Phi) is 10.2. The van der Waals surface area contributed by atoms with Gasteiger partial charge in [-0.2, -0.15) is 0 Å². The van der Waals surface area contributed by atoms with Crippen LogP contribution in [0.4, 0.5) is 11.4 Å². The number of hydrogen-bond donors (Lipinski definition) is 1. The van der Waals surface area contributed by atoms with E-state index in [4.69, 9.17) is 9.47 Å². The summed E-state index contributed by atoms with van der Waals surface area (Å²) in [6.45, 7) is 14.3. The Morgan fingerprint density at radius 2 is 1.56 bits per heavy atom. The largest absolute Gasteiger partial charge is 0.494 e. The van der Waals surface area contributed by atoms with Crippen LogP contribution in [-0.4, -0.2) is 77.3 Å². The molecular weight excluding hydrogens is 679 g/mol. The van der Waals surface area contributed by atoms with Gasteiger partial charge in [-0.15, -0.1) is 13.2 Å². The normalized spacial score (nSPS) is 26.0. The third kappa shape index (κ3) is 6.09. The summed E-state index contributed by atoms with van der Waals surface area (Å²) in [5, 5.41) is 13.0. The summed E-state index contributed by atoms with van der Waals surface area (Å²) < 4.78 is 12.8. The van der Waals surface area contributed by atoms with E-state index < -0.39 is 35.1 Å². The third-order valence-corrected chi connectivity index (χ3v) is 11.8. The van der Waals surface area contributed by atoms with E-state index in [0.717, 1.165) is 16.3 Å². The van der Waals surface area contributed by atoms with Crippen molar-refractivity contribution >= 4 is 39.9 Å².